The van der Waals surface area contributed by atoms with Crippen molar-refractivity contribution in [1.29, 1.82) is 0 Å². The molecule has 0 aliphatic carbocycles. The largest absolute Gasteiger partial charge is 0.306 e. The van der Waals surface area contributed by atoms with Gasteiger partial charge >= 0.3 is 0 Å². The van der Waals surface area contributed by atoms with Gasteiger partial charge in [-0.2, -0.15) is 0 Å². The smallest absolute Gasteiger partial charge is 0.137 e. The molecule has 1 aromatic rings. The molecule has 19 heavy (non-hydrogen) atoms. The fourth-order valence-electron chi connectivity index (χ4n) is 2.90. The lowest BCUT2D eigenvalue weighted by Crippen LogP contribution is -2.26. The molecule has 0 bridgehead atoms. The molecule has 0 aromatic heterocycles. The van der Waals surface area contributed by atoms with Gasteiger partial charge in [0, 0.05) is 12.8 Å². The molecule has 0 amide bonds. The lowest BCUT2D eigenvalue weighted by Gasteiger charge is -2.25. The first kappa shape index (κ1) is 14.3. The average molecular weight is 259 g/mol. The van der Waals surface area contributed by atoms with E-state index in [0.717, 1.165) is 18.5 Å². The molecular formula is C17H25NO. The van der Waals surface area contributed by atoms with Crippen molar-refractivity contribution in [3.8, 4) is 0 Å². The van der Waals surface area contributed by atoms with Crippen LogP contribution >= 0.6 is 0 Å². The second kappa shape index (κ2) is 7.44. The van der Waals surface area contributed by atoms with Gasteiger partial charge in [-0.25, -0.2) is 0 Å². The lowest BCUT2D eigenvalue weighted by molar-refractivity contribution is -0.119. The molecule has 2 heteroatoms. The molecule has 1 saturated heterocycles. The van der Waals surface area contributed by atoms with E-state index in [-0.39, 0.29) is 0 Å². The number of carbonyl (C=O) groups is 1. The fourth-order valence-corrected chi connectivity index (χ4v) is 2.90. The van der Waals surface area contributed by atoms with E-state index in [1.165, 1.54) is 32.2 Å². The van der Waals surface area contributed by atoms with Gasteiger partial charge in [-0.1, -0.05) is 36.8 Å². The summed E-state index contributed by atoms with van der Waals surface area (Å²) < 4.78 is 0. The molecule has 104 valence electrons. The van der Waals surface area contributed by atoms with Crippen molar-refractivity contribution in [3.63, 3.8) is 0 Å². The normalized spacial score (nSPS) is 21.6. The summed E-state index contributed by atoms with van der Waals surface area (Å²) >= 11 is 0. The fraction of sp³-hybridized carbons (Fsp3) is 0.588. The van der Waals surface area contributed by atoms with Gasteiger partial charge in [0.2, 0.25) is 0 Å². The summed E-state index contributed by atoms with van der Waals surface area (Å²) in [5.41, 5.74) is 1.15. The van der Waals surface area contributed by atoms with Crippen LogP contribution in [0.25, 0.3) is 0 Å². The maximum Gasteiger partial charge on any atom is 0.137 e. The minimum absolute atomic E-state index is 0.402. The number of hydrogen-bond donors (Lipinski definition) is 0. The van der Waals surface area contributed by atoms with Crippen LogP contribution in [0.1, 0.15) is 37.7 Å². The van der Waals surface area contributed by atoms with E-state index in [2.05, 4.69) is 11.9 Å². The first-order valence-corrected chi connectivity index (χ1v) is 7.48. The van der Waals surface area contributed by atoms with Crippen LogP contribution in [0.5, 0.6) is 0 Å². The molecule has 2 nitrogen and oxygen atoms in total. The topological polar surface area (TPSA) is 20.3 Å². The van der Waals surface area contributed by atoms with Gasteiger partial charge in [0.05, 0.1) is 0 Å². The van der Waals surface area contributed by atoms with Crippen LogP contribution < -0.4 is 0 Å². The zero-order valence-electron chi connectivity index (χ0n) is 12.0. The van der Waals surface area contributed by atoms with Crippen molar-refractivity contribution in [2.75, 3.05) is 20.1 Å². The monoisotopic (exact) mass is 259 g/mol. The van der Waals surface area contributed by atoms with Gasteiger partial charge < -0.3 is 4.90 Å². The molecule has 0 radical (unpaired) electrons. The van der Waals surface area contributed by atoms with E-state index in [9.17, 15) is 4.79 Å². The van der Waals surface area contributed by atoms with E-state index < -0.39 is 0 Å². The second-order valence-electron chi connectivity index (χ2n) is 5.86. The van der Waals surface area contributed by atoms with E-state index in [0.29, 0.717) is 18.1 Å². The zero-order chi connectivity index (χ0) is 13.5. The summed E-state index contributed by atoms with van der Waals surface area (Å²) in [7, 11) is 2.19. The average Bonchev–Trinajstić information content (AvgIpc) is 2.39. The Hall–Kier alpha value is -1.15. The SMILES string of the molecule is CN1CCCCC(CC(=O)Cc2ccccc2)CC1. The highest BCUT2D eigenvalue weighted by molar-refractivity contribution is 5.81. The molecule has 1 aromatic carbocycles. The highest BCUT2D eigenvalue weighted by Gasteiger charge is 2.17. The first-order chi connectivity index (χ1) is 9.24. The Morgan fingerprint density at radius 1 is 1.16 bits per heavy atom. The Morgan fingerprint density at radius 3 is 2.74 bits per heavy atom. The molecule has 1 aliphatic rings. The van der Waals surface area contributed by atoms with Crippen molar-refractivity contribution in [2.45, 2.75) is 38.5 Å². The molecule has 1 heterocycles. The quantitative estimate of drug-likeness (QED) is 0.827. The van der Waals surface area contributed by atoms with Gasteiger partial charge in [0.15, 0.2) is 0 Å². The molecule has 1 fully saturated rings. The predicted octanol–water partition coefficient (Wildman–Crippen LogP) is 3.31. The Morgan fingerprint density at radius 2 is 1.95 bits per heavy atom. The Balaban J connectivity index is 1.80. The number of likely N-dealkylation sites (tertiary alicyclic amines) is 1. The van der Waals surface area contributed by atoms with Crippen molar-refractivity contribution in [1.82, 2.24) is 4.90 Å². The van der Waals surface area contributed by atoms with Gasteiger partial charge in [-0.3, -0.25) is 4.79 Å². The van der Waals surface area contributed by atoms with E-state index >= 15 is 0 Å². The third-order valence-electron chi connectivity index (χ3n) is 4.08. The van der Waals surface area contributed by atoms with Crippen LogP contribution in [0.15, 0.2) is 30.3 Å². The Labute approximate surface area is 116 Å². The van der Waals surface area contributed by atoms with E-state index in [4.69, 9.17) is 0 Å². The number of carbonyl (C=O) groups excluding carboxylic acids is 1. The standard InChI is InChI=1S/C17H25NO/c1-18-11-6-5-9-16(10-12-18)14-17(19)13-15-7-3-2-4-8-15/h2-4,7-8,16H,5-6,9-14H2,1H3. The summed E-state index contributed by atoms with van der Waals surface area (Å²) in [6.07, 6.45) is 6.33. The molecule has 2 rings (SSSR count). The van der Waals surface area contributed by atoms with Crippen molar-refractivity contribution < 1.29 is 4.79 Å². The maximum atomic E-state index is 12.1. The highest BCUT2D eigenvalue weighted by Crippen LogP contribution is 2.21. The van der Waals surface area contributed by atoms with Crippen LogP contribution in [-0.4, -0.2) is 30.8 Å². The summed E-state index contributed by atoms with van der Waals surface area (Å²) in [5, 5.41) is 0. The summed E-state index contributed by atoms with van der Waals surface area (Å²) in [6.45, 7) is 2.36. The van der Waals surface area contributed by atoms with Crippen molar-refractivity contribution in [2.24, 2.45) is 5.92 Å². The first-order valence-electron chi connectivity index (χ1n) is 7.48. The lowest BCUT2D eigenvalue weighted by atomic mass is 9.90. The molecule has 0 saturated carbocycles. The highest BCUT2D eigenvalue weighted by atomic mass is 16.1. The summed E-state index contributed by atoms with van der Waals surface area (Å²) in [5.74, 6) is 0.999. The van der Waals surface area contributed by atoms with Gasteiger partial charge in [-0.15, -0.1) is 0 Å². The van der Waals surface area contributed by atoms with Crippen molar-refractivity contribution in [3.05, 3.63) is 35.9 Å². The predicted molar refractivity (Wildman–Crippen MR) is 79.2 cm³/mol. The minimum Gasteiger partial charge on any atom is -0.306 e. The van der Waals surface area contributed by atoms with Crippen molar-refractivity contribution >= 4 is 5.78 Å². The van der Waals surface area contributed by atoms with Crippen LogP contribution in [0, 0.1) is 5.92 Å². The number of ketones is 1. The summed E-state index contributed by atoms with van der Waals surface area (Å²) in [4.78, 5) is 14.5. The Kier molecular flexibility index (Phi) is 5.59. The number of benzene rings is 1. The summed E-state index contributed by atoms with van der Waals surface area (Å²) in [6, 6.07) is 10.1. The van der Waals surface area contributed by atoms with Crippen LogP contribution in [0.4, 0.5) is 0 Å². The molecule has 1 atom stereocenters. The Bertz CT molecular complexity index is 388. The number of Topliss-reactive ketones (excluding diaryl/α,β-unsaturated/α-hetero) is 1. The van der Waals surface area contributed by atoms with Crippen LogP contribution in [-0.2, 0) is 11.2 Å². The number of rotatable bonds is 4. The number of nitrogens with zero attached hydrogens (tertiary/aromatic N) is 1. The molecule has 0 spiro atoms. The number of hydrogen-bond acceptors (Lipinski definition) is 2. The van der Waals surface area contributed by atoms with E-state index in [1.807, 2.05) is 30.3 Å². The van der Waals surface area contributed by atoms with Gasteiger partial charge in [-0.05, 0) is 50.9 Å². The van der Waals surface area contributed by atoms with Gasteiger partial charge in [0.1, 0.15) is 5.78 Å². The second-order valence-corrected chi connectivity index (χ2v) is 5.86. The maximum absolute atomic E-state index is 12.1. The zero-order valence-corrected chi connectivity index (χ0v) is 12.0. The third kappa shape index (κ3) is 5.15. The molecule has 0 N–H and O–H groups in total. The minimum atomic E-state index is 0.402. The molecule has 1 unspecified atom stereocenters. The van der Waals surface area contributed by atoms with E-state index in [1.54, 1.807) is 0 Å². The van der Waals surface area contributed by atoms with Crippen LogP contribution in [0.3, 0.4) is 0 Å². The van der Waals surface area contributed by atoms with Gasteiger partial charge in [0.25, 0.3) is 0 Å². The molecule has 1 aliphatic heterocycles. The third-order valence-corrected chi connectivity index (χ3v) is 4.08. The molecular weight excluding hydrogens is 234 g/mol. The van der Waals surface area contributed by atoms with Crippen LogP contribution in [0.2, 0.25) is 0 Å².